The first-order chi connectivity index (χ1) is 21.0. The number of carbonyl (C=O) groups is 3. The zero-order valence-corrected chi connectivity index (χ0v) is 24.8. The molecule has 6 rings (SSSR count). The van der Waals surface area contributed by atoms with Gasteiger partial charge in [0.15, 0.2) is 5.82 Å². The van der Waals surface area contributed by atoms with E-state index in [4.69, 9.17) is 14.9 Å². The van der Waals surface area contributed by atoms with Crippen molar-refractivity contribution in [2.75, 3.05) is 36.9 Å². The van der Waals surface area contributed by atoms with Gasteiger partial charge in [-0.15, -0.1) is 5.10 Å². The van der Waals surface area contributed by atoms with Crippen LogP contribution in [0.15, 0.2) is 55.1 Å². The summed E-state index contributed by atoms with van der Waals surface area (Å²) in [5.74, 6) is 0.225. The number of piperazine rings is 1. The van der Waals surface area contributed by atoms with E-state index in [1.54, 1.807) is 47.7 Å². The Kier molecular flexibility index (Phi) is 7.27. The summed E-state index contributed by atoms with van der Waals surface area (Å²) >= 11 is 0. The largest absolute Gasteiger partial charge is 0.480 e. The first-order valence-corrected chi connectivity index (χ1v) is 14.2. The van der Waals surface area contributed by atoms with E-state index in [-0.39, 0.29) is 18.2 Å². The number of hydrogen-bond donors (Lipinski definition) is 2. The first kappa shape index (κ1) is 28.8. The smallest absolute Gasteiger partial charge is 0.410 e. The van der Waals surface area contributed by atoms with Crippen LogP contribution in [-0.2, 0) is 9.53 Å². The van der Waals surface area contributed by atoms with Gasteiger partial charge in [0.25, 0.3) is 5.91 Å². The van der Waals surface area contributed by atoms with Gasteiger partial charge >= 0.3 is 12.1 Å². The second-order valence-electron chi connectivity index (χ2n) is 12.0. The summed E-state index contributed by atoms with van der Waals surface area (Å²) in [4.78, 5) is 55.2. The number of carboxylic acids is 1. The van der Waals surface area contributed by atoms with E-state index in [1.807, 2.05) is 37.8 Å². The Hall–Kier alpha value is -5.27. The summed E-state index contributed by atoms with van der Waals surface area (Å²) < 4.78 is 7.33. The van der Waals surface area contributed by atoms with E-state index in [9.17, 15) is 14.4 Å². The molecule has 14 heteroatoms. The van der Waals surface area contributed by atoms with E-state index in [0.29, 0.717) is 41.5 Å². The molecule has 2 saturated heterocycles. The number of fused-ring (bicyclic) bond motifs is 3. The topological polar surface area (TPSA) is 159 Å². The van der Waals surface area contributed by atoms with Crippen LogP contribution in [0.1, 0.15) is 37.6 Å². The van der Waals surface area contributed by atoms with Gasteiger partial charge < -0.3 is 29.9 Å². The summed E-state index contributed by atoms with van der Waals surface area (Å²) in [7, 11) is 1.45. The number of pyridine rings is 1. The number of carboxylic acid groups (broad SMARTS) is 1. The maximum atomic E-state index is 13.1. The SMILES string of the molecule is CN(CC(=O)O)C(=O)c1ccc2c(Nc3cnccn3)nn(-c3ccnc(N4C[C@@H]5C[C@H]4CN5C(=O)OC(C)(C)C)c3)c2c1. The molecule has 3 aromatic heterocycles. The Morgan fingerprint density at radius 2 is 1.89 bits per heavy atom. The lowest BCUT2D eigenvalue weighted by atomic mass is 10.1. The zero-order valence-electron chi connectivity index (χ0n) is 24.8. The van der Waals surface area contributed by atoms with Gasteiger partial charge in [-0.25, -0.2) is 19.4 Å². The fourth-order valence-electron chi connectivity index (χ4n) is 5.71. The maximum absolute atomic E-state index is 13.1. The van der Waals surface area contributed by atoms with Crippen LogP contribution in [0.3, 0.4) is 0 Å². The lowest BCUT2D eigenvalue weighted by Crippen LogP contribution is -2.50. The molecule has 228 valence electrons. The van der Waals surface area contributed by atoms with Gasteiger partial charge in [0, 0.05) is 55.7 Å². The minimum atomic E-state index is -1.10. The van der Waals surface area contributed by atoms with Crippen molar-refractivity contribution in [3.8, 4) is 5.69 Å². The lowest BCUT2D eigenvalue weighted by Gasteiger charge is -2.35. The molecule has 4 aromatic rings. The maximum Gasteiger partial charge on any atom is 0.410 e. The number of hydrogen-bond acceptors (Lipinski definition) is 10. The van der Waals surface area contributed by atoms with E-state index >= 15 is 0 Å². The molecule has 44 heavy (non-hydrogen) atoms. The van der Waals surface area contributed by atoms with Crippen molar-refractivity contribution in [2.45, 2.75) is 44.9 Å². The van der Waals surface area contributed by atoms with Crippen molar-refractivity contribution in [1.29, 1.82) is 0 Å². The molecule has 2 aliphatic rings. The number of aliphatic carboxylic acids is 1. The number of carbonyl (C=O) groups excluding carboxylic acids is 2. The van der Waals surface area contributed by atoms with Crippen LogP contribution in [0.5, 0.6) is 0 Å². The van der Waals surface area contributed by atoms with Crippen LogP contribution in [0.4, 0.5) is 22.2 Å². The molecule has 14 nitrogen and oxygen atoms in total. The van der Waals surface area contributed by atoms with Crippen molar-refractivity contribution in [3.05, 3.63) is 60.7 Å². The van der Waals surface area contributed by atoms with Gasteiger partial charge in [-0.1, -0.05) is 0 Å². The van der Waals surface area contributed by atoms with Crippen LogP contribution in [0.2, 0.25) is 0 Å². The fourth-order valence-corrected chi connectivity index (χ4v) is 5.71. The number of anilines is 3. The summed E-state index contributed by atoms with van der Waals surface area (Å²) in [6, 6.07) is 9.01. The van der Waals surface area contributed by atoms with Gasteiger partial charge in [-0.05, 0) is 51.5 Å². The number of nitrogens with one attached hydrogen (secondary N) is 1. The molecule has 2 amide bonds. The third kappa shape index (κ3) is 5.70. The van der Waals surface area contributed by atoms with Gasteiger partial charge in [0.2, 0.25) is 0 Å². The van der Waals surface area contributed by atoms with Crippen molar-refractivity contribution in [2.24, 2.45) is 0 Å². The molecule has 2 aliphatic heterocycles. The van der Waals surface area contributed by atoms with Gasteiger partial charge in [-0.2, -0.15) is 0 Å². The van der Waals surface area contributed by atoms with Crippen LogP contribution < -0.4 is 10.2 Å². The third-order valence-corrected chi connectivity index (χ3v) is 7.59. The first-order valence-electron chi connectivity index (χ1n) is 14.2. The lowest BCUT2D eigenvalue weighted by molar-refractivity contribution is -0.137. The summed E-state index contributed by atoms with van der Waals surface area (Å²) in [6.07, 6.45) is 6.97. The highest BCUT2D eigenvalue weighted by molar-refractivity contribution is 6.01. The predicted octanol–water partition coefficient (Wildman–Crippen LogP) is 3.31. The fraction of sp³-hybridized carbons (Fsp3) is 0.367. The van der Waals surface area contributed by atoms with Crippen molar-refractivity contribution in [3.63, 3.8) is 0 Å². The molecule has 0 unspecified atom stereocenters. The normalized spacial score (nSPS) is 17.6. The molecular weight excluding hydrogens is 566 g/mol. The van der Waals surface area contributed by atoms with Crippen LogP contribution in [-0.4, -0.2) is 102 Å². The Morgan fingerprint density at radius 3 is 2.57 bits per heavy atom. The Morgan fingerprint density at radius 1 is 1.07 bits per heavy atom. The Balaban J connectivity index is 1.33. The average Bonchev–Trinajstić information content (AvgIpc) is 3.69. The standard InChI is InChI=1S/C30H33N9O5/c1-30(2,3)44-29(43)38-16-20-12-21(38)15-37(20)25-13-19(7-8-33-25)39-23-11-18(28(42)36(4)17-26(40)41)5-6-22(23)27(35-39)34-24-14-31-9-10-32-24/h5-11,13-14,20-21H,12,15-17H2,1-4H3,(H,40,41)(H,32,34,35)/t20-,21-/m0/s1. The molecule has 0 radical (unpaired) electrons. The molecule has 0 spiro atoms. The molecule has 5 heterocycles. The summed E-state index contributed by atoms with van der Waals surface area (Å²) in [5.41, 5.74) is 1.10. The molecule has 0 saturated carbocycles. The van der Waals surface area contributed by atoms with E-state index < -0.39 is 24.0 Å². The van der Waals surface area contributed by atoms with Crippen LogP contribution in [0.25, 0.3) is 16.6 Å². The number of likely N-dealkylation sites (N-methyl/N-ethyl adjacent to an activating group) is 1. The Bertz CT molecular complexity index is 1740. The number of nitrogens with zero attached hydrogens (tertiary/aromatic N) is 8. The number of rotatable bonds is 7. The van der Waals surface area contributed by atoms with Crippen LogP contribution in [0, 0.1) is 0 Å². The molecule has 1 aromatic carbocycles. The van der Waals surface area contributed by atoms with Crippen LogP contribution >= 0.6 is 0 Å². The van der Waals surface area contributed by atoms with E-state index in [0.717, 1.165) is 22.5 Å². The number of likely N-dealkylation sites (tertiary alicyclic amines) is 1. The van der Waals surface area contributed by atoms with Gasteiger partial charge in [0.05, 0.1) is 29.5 Å². The van der Waals surface area contributed by atoms with E-state index in [1.165, 1.54) is 7.05 Å². The quantitative estimate of drug-likeness (QED) is 0.321. The minimum absolute atomic E-state index is 0.0324. The Labute approximate surface area is 253 Å². The molecule has 0 aliphatic carbocycles. The summed E-state index contributed by atoms with van der Waals surface area (Å²) in [6.45, 7) is 6.35. The monoisotopic (exact) mass is 599 g/mol. The second kappa shape index (κ2) is 11.1. The molecule has 2 fully saturated rings. The zero-order chi connectivity index (χ0) is 31.2. The number of benzene rings is 1. The number of aromatic nitrogens is 5. The molecule has 2 atom stereocenters. The van der Waals surface area contributed by atoms with E-state index in [2.05, 4.69) is 25.2 Å². The highest BCUT2D eigenvalue weighted by Gasteiger charge is 2.47. The predicted molar refractivity (Wildman–Crippen MR) is 161 cm³/mol. The molecule has 2 bridgehead atoms. The highest BCUT2D eigenvalue weighted by Crippen LogP contribution is 2.36. The third-order valence-electron chi connectivity index (χ3n) is 7.59. The van der Waals surface area contributed by atoms with Gasteiger partial charge in [-0.3, -0.25) is 14.6 Å². The number of ether oxygens (including phenoxy) is 1. The van der Waals surface area contributed by atoms with Crippen molar-refractivity contribution >= 4 is 46.3 Å². The molecule has 2 N–H and O–H groups in total. The average molecular weight is 600 g/mol. The second-order valence-corrected chi connectivity index (χ2v) is 12.0. The minimum Gasteiger partial charge on any atom is -0.480 e. The van der Waals surface area contributed by atoms with Gasteiger partial charge in [0.1, 0.15) is 23.8 Å². The van der Waals surface area contributed by atoms with Crippen molar-refractivity contribution in [1.82, 2.24) is 34.5 Å². The molecular formula is C30H33N9O5. The van der Waals surface area contributed by atoms with Crippen molar-refractivity contribution < 1.29 is 24.2 Å². The highest BCUT2D eigenvalue weighted by atomic mass is 16.6. The summed E-state index contributed by atoms with van der Waals surface area (Å²) in [5, 5.41) is 17.9. The number of amides is 2.